The zero-order valence-electron chi connectivity index (χ0n) is 10.7. The molecule has 0 heterocycles. The van der Waals surface area contributed by atoms with Gasteiger partial charge in [-0.3, -0.25) is 0 Å². The highest BCUT2D eigenvalue weighted by Crippen LogP contribution is 2.12. The quantitative estimate of drug-likeness (QED) is 0.337. The summed E-state index contributed by atoms with van der Waals surface area (Å²) in [6, 6.07) is 6.54. The molecule has 0 saturated heterocycles. The molecule has 1 rings (SSSR count). The van der Waals surface area contributed by atoms with Crippen LogP contribution in [0.25, 0.3) is 0 Å². The lowest BCUT2D eigenvalue weighted by Crippen LogP contribution is -2.17. The normalized spacial score (nSPS) is 12.4. The van der Waals surface area contributed by atoms with Crippen LogP contribution in [-0.4, -0.2) is 37.6 Å². The first-order chi connectivity index (χ1) is 8.98. The van der Waals surface area contributed by atoms with Crippen molar-refractivity contribution in [3.8, 4) is 5.75 Å². The average Bonchev–Trinajstić information content (AvgIpc) is 2.38. The molecule has 0 radical (unpaired) electrons. The summed E-state index contributed by atoms with van der Waals surface area (Å²) in [4.78, 5) is 0. The zero-order valence-corrected chi connectivity index (χ0v) is 11.6. The summed E-state index contributed by atoms with van der Waals surface area (Å²) in [6.07, 6.45) is 0.608. The standard InChI is InChI=1S/C12H18N2O4S/c1-2-8-19(16,17)9-7-18-11-5-3-10(4-6-11)12(13)14-15/h3-6,15H,2,7-9H2,1H3,(H2,13,14). The van der Waals surface area contributed by atoms with Crippen LogP contribution in [0.4, 0.5) is 0 Å². The number of hydrogen-bond donors (Lipinski definition) is 2. The van der Waals surface area contributed by atoms with Gasteiger partial charge in [-0.25, -0.2) is 8.42 Å². The van der Waals surface area contributed by atoms with E-state index in [2.05, 4.69) is 5.16 Å². The third kappa shape index (κ3) is 5.17. The summed E-state index contributed by atoms with van der Waals surface area (Å²) < 4.78 is 28.3. The predicted octanol–water partition coefficient (Wildman–Crippen LogP) is 0.985. The second kappa shape index (κ2) is 6.98. The Morgan fingerprint density at radius 3 is 2.47 bits per heavy atom. The fourth-order valence-corrected chi connectivity index (χ4v) is 2.64. The first kappa shape index (κ1) is 15.3. The number of nitrogens with zero attached hydrogens (tertiary/aromatic N) is 1. The van der Waals surface area contributed by atoms with Gasteiger partial charge in [-0.1, -0.05) is 12.1 Å². The van der Waals surface area contributed by atoms with E-state index in [9.17, 15) is 8.42 Å². The van der Waals surface area contributed by atoms with Gasteiger partial charge in [0, 0.05) is 5.56 Å². The largest absolute Gasteiger partial charge is 0.493 e. The highest BCUT2D eigenvalue weighted by Gasteiger charge is 2.09. The summed E-state index contributed by atoms with van der Waals surface area (Å²) in [7, 11) is -3.02. The molecule has 1 aromatic rings. The molecule has 1 aromatic carbocycles. The van der Waals surface area contributed by atoms with Gasteiger partial charge >= 0.3 is 0 Å². The number of amidine groups is 1. The van der Waals surface area contributed by atoms with Crippen LogP contribution in [-0.2, 0) is 9.84 Å². The van der Waals surface area contributed by atoms with Crippen molar-refractivity contribution in [1.82, 2.24) is 0 Å². The van der Waals surface area contributed by atoms with E-state index >= 15 is 0 Å². The van der Waals surface area contributed by atoms with Crippen LogP contribution in [0.1, 0.15) is 18.9 Å². The van der Waals surface area contributed by atoms with Gasteiger partial charge in [0.05, 0.1) is 11.5 Å². The summed E-state index contributed by atoms with van der Waals surface area (Å²) in [5, 5.41) is 11.4. The average molecular weight is 286 g/mol. The van der Waals surface area contributed by atoms with Gasteiger partial charge < -0.3 is 15.7 Å². The fraction of sp³-hybridized carbons (Fsp3) is 0.417. The molecule has 3 N–H and O–H groups in total. The van der Waals surface area contributed by atoms with Crippen molar-refractivity contribution in [2.24, 2.45) is 10.9 Å². The topological polar surface area (TPSA) is 102 Å². The van der Waals surface area contributed by atoms with Crippen molar-refractivity contribution in [3.63, 3.8) is 0 Å². The number of oxime groups is 1. The van der Waals surface area contributed by atoms with E-state index in [0.29, 0.717) is 17.7 Å². The highest BCUT2D eigenvalue weighted by molar-refractivity contribution is 7.91. The van der Waals surface area contributed by atoms with Crippen molar-refractivity contribution in [1.29, 1.82) is 0 Å². The van der Waals surface area contributed by atoms with Gasteiger partial charge in [-0.05, 0) is 30.7 Å². The minimum Gasteiger partial charge on any atom is -0.493 e. The first-order valence-electron chi connectivity index (χ1n) is 5.89. The molecule has 0 fully saturated rings. The van der Waals surface area contributed by atoms with E-state index in [1.54, 1.807) is 24.3 Å². The molecule has 0 spiro atoms. The lowest BCUT2D eigenvalue weighted by molar-refractivity contribution is 0.318. The first-order valence-corrected chi connectivity index (χ1v) is 7.72. The smallest absolute Gasteiger partial charge is 0.170 e. The summed E-state index contributed by atoms with van der Waals surface area (Å²) >= 11 is 0. The van der Waals surface area contributed by atoms with Crippen LogP contribution in [0.2, 0.25) is 0 Å². The monoisotopic (exact) mass is 286 g/mol. The van der Waals surface area contributed by atoms with Gasteiger partial charge in [0.15, 0.2) is 15.7 Å². The zero-order chi connectivity index (χ0) is 14.3. The Labute approximate surface area is 112 Å². The molecule has 0 atom stereocenters. The van der Waals surface area contributed by atoms with Crippen LogP contribution in [0, 0.1) is 0 Å². The van der Waals surface area contributed by atoms with E-state index in [1.807, 2.05) is 6.92 Å². The molecular formula is C12H18N2O4S. The molecule has 0 bridgehead atoms. The van der Waals surface area contributed by atoms with Gasteiger partial charge in [-0.15, -0.1) is 0 Å². The molecule has 0 aliphatic rings. The summed E-state index contributed by atoms with van der Waals surface area (Å²) in [6.45, 7) is 1.94. The maximum Gasteiger partial charge on any atom is 0.170 e. The van der Waals surface area contributed by atoms with Crippen molar-refractivity contribution in [2.75, 3.05) is 18.1 Å². The minimum atomic E-state index is -3.02. The van der Waals surface area contributed by atoms with Crippen LogP contribution in [0.5, 0.6) is 5.75 Å². The molecule has 0 unspecified atom stereocenters. The minimum absolute atomic E-state index is 0.00281. The van der Waals surface area contributed by atoms with Crippen molar-refractivity contribution in [2.45, 2.75) is 13.3 Å². The van der Waals surface area contributed by atoms with Crippen LogP contribution >= 0.6 is 0 Å². The third-order valence-corrected chi connectivity index (χ3v) is 4.25. The number of sulfone groups is 1. The maximum atomic E-state index is 11.5. The lowest BCUT2D eigenvalue weighted by Gasteiger charge is -2.07. The SMILES string of the molecule is CCCS(=O)(=O)CCOc1ccc(/C(N)=N/O)cc1. The van der Waals surface area contributed by atoms with Crippen LogP contribution in [0.15, 0.2) is 29.4 Å². The number of nitrogens with two attached hydrogens (primary N) is 1. The molecule has 7 heteroatoms. The van der Waals surface area contributed by atoms with E-state index in [4.69, 9.17) is 15.7 Å². The molecule has 0 amide bonds. The van der Waals surface area contributed by atoms with Gasteiger partial charge in [0.25, 0.3) is 0 Å². The molecule has 0 aromatic heterocycles. The second-order valence-electron chi connectivity index (χ2n) is 4.01. The van der Waals surface area contributed by atoms with Gasteiger partial charge in [0.1, 0.15) is 12.4 Å². The molecule has 6 nitrogen and oxygen atoms in total. The van der Waals surface area contributed by atoms with Crippen LogP contribution < -0.4 is 10.5 Å². The number of hydrogen-bond acceptors (Lipinski definition) is 5. The molecule has 106 valence electrons. The lowest BCUT2D eigenvalue weighted by atomic mass is 10.2. The van der Waals surface area contributed by atoms with E-state index in [1.165, 1.54) is 0 Å². The van der Waals surface area contributed by atoms with Crippen LogP contribution in [0.3, 0.4) is 0 Å². The van der Waals surface area contributed by atoms with Gasteiger partial charge in [0.2, 0.25) is 0 Å². The van der Waals surface area contributed by atoms with E-state index in [-0.39, 0.29) is 23.9 Å². The Hall–Kier alpha value is -1.76. The van der Waals surface area contributed by atoms with Crippen molar-refractivity contribution < 1.29 is 18.4 Å². The molecular weight excluding hydrogens is 268 g/mol. The van der Waals surface area contributed by atoms with Gasteiger partial charge in [-0.2, -0.15) is 0 Å². The third-order valence-electron chi connectivity index (χ3n) is 2.44. The maximum absolute atomic E-state index is 11.5. The number of ether oxygens (including phenoxy) is 1. The molecule has 19 heavy (non-hydrogen) atoms. The highest BCUT2D eigenvalue weighted by atomic mass is 32.2. The Kier molecular flexibility index (Phi) is 5.62. The Balaban J connectivity index is 2.51. The molecule has 0 aliphatic heterocycles. The predicted molar refractivity (Wildman–Crippen MR) is 73.4 cm³/mol. The van der Waals surface area contributed by atoms with Crippen molar-refractivity contribution >= 4 is 15.7 Å². The molecule has 0 saturated carbocycles. The second-order valence-corrected chi connectivity index (χ2v) is 6.31. The molecule has 0 aliphatic carbocycles. The number of benzene rings is 1. The Morgan fingerprint density at radius 1 is 1.32 bits per heavy atom. The number of rotatable bonds is 7. The van der Waals surface area contributed by atoms with Crippen molar-refractivity contribution in [3.05, 3.63) is 29.8 Å². The summed E-state index contributed by atoms with van der Waals surface area (Å²) in [5.74, 6) is 0.736. The Bertz CT molecular complexity index is 523. The Morgan fingerprint density at radius 2 is 1.95 bits per heavy atom. The van der Waals surface area contributed by atoms with E-state index in [0.717, 1.165) is 0 Å². The fourth-order valence-electron chi connectivity index (χ4n) is 1.48. The van der Waals surface area contributed by atoms with E-state index < -0.39 is 9.84 Å². The summed E-state index contributed by atoms with van der Waals surface area (Å²) in [5.41, 5.74) is 5.98.